The second kappa shape index (κ2) is 5.21. The molecule has 0 saturated carbocycles. The van der Waals surface area contributed by atoms with E-state index in [1.165, 1.54) is 6.07 Å². The largest absolute Gasteiger partial charge is 0.399 e. The maximum atomic E-state index is 10.7. The Morgan fingerprint density at radius 2 is 1.72 bits per heavy atom. The van der Waals surface area contributed by atoms with Crippen molar-refractivity contribution in [3.8, 4) is 0 Å². The minimum absolute atomic E-state index is 0.110. The molecule has 0 aliphatic rings. The number of rotatable bonds is 3. The van der Waals surface area contributed by atoms with Crippen molar-refractivity contribution in [2.24, 2.45) is 0 Å². The normalized spacial score (nSPS) is 10.1. The molecular formula is C12H10IN3O2. The van der Waals surface area contributed by atoms with Crippen LogP contribution >= 0.6 is 22.6 Å². The molecule has 0 aromatic heterocycles. The Morgan fingerprint density at radius 1 is 1.11 bits per heavy atom. The molecule has 0 bridgehead atoms. The number of benzene rings is 2. The van der Waals surface area contributed by atoms with Crippen LogP contribution in [-0.2, 0) is 0 Å². The number of nitrogens with one attached hydrogen (secondary N) is 1. The van der Waals surface area contributed by atoms with Gasteiger partial charge in [-0.3, -0.25) is 10.1 Å². The molecule has 2 aromatic carbocycles. The van der Waals surface area contributed by atoms with Gasteiger partial charge >= 0.3 is 0 Å². The highest BCUT2D eigenvalue weighted by atomic mass is 127. The first-order valence-corrected chi connectivity index (χ1v) is 6.20. The molecule has 0 aliphatic carbocycles. The summed E-state index contributed by atoms with van der Waals surface area (Å²) in [5, 5.41) is 13.9. The van der Waals surface area contributed by atoms with Crippen molar-refractivity contribution in [3.63, 3.8) is 0 Å². The van der Waals surface area contributed by atoms with Gasteiger partial charge in [-0.15, -0.1) is 0 Å². The van der Waals surface area contributed by atoms with E-state index in [0.29, 0.717) is 9.26 Å². The number of hydrogen-bond acceptors (Lipinski definition) is 4. The van der Waals surface area contributed by atoms with Crippen molar-refractivity contribution in [2.75, 3.05) is 11.1 Å². The third kappa shape index (κ3) is 2.89. The molecule has 3 N–H and O–H groups in total. The minimum atomic E-state index is -0.394. The van der Waals surface area contributed by atoms with Crippen LogP contribution in [0.2, 0.25) is 0 Å². The quantitative estimate of drug-likeness (QED) is 0.382. The number of hydrogen-bond donors (Lipinski definition) is 2. The van der Waals surface area contributed by atoms with Gasteiger partial charge in [0.2, 0.25) is 0 Å². The van der Waals surface area contributed by atoms with E-state index in [9.17, 15) is 10.1 Å². The Kier molecular flexibility index (Phi) is 3.66. The van der Waals surface area contributed by atoms with E-state index in [2.05, 4.69) is 5.32 Å². The lowest BCUT2D eigenvalue weighted by Gasteiger charge is -2.07. The van der Waals surface area contributed by atoms with Crippen LogP contribution in [0.3, 0.4) is 0 Å². The highest BCUT2D eigenvalue weighted by molar-refractivity contribution is 14.1. The Morgan fingerprint density at radius 3 is 2.28 bits per heavy atom. The van der Waals surface area contributed by atoms with E-state index in [1.807, 2.05) is 34.7 Å². The smallest absolute Gasteiger partial charge is 0.282 e. The van der Waals surface area contributed by atoms with Gasteiger partial charge in [-0.05, 0) is 59.0 Å². The molecule has 92 valence electrons. The SMILES string of the molecule is Nc1ccc(Nc2ccc([N+](=O)[O-])c(I)c2)cc1. The van der Waals surface area contributed by atoms with Crippen LogP contribution in [0.5, 0.6) is 0 Å². The molecule has 0 unspecified atom stereocenters. The lowest BCUT2D eigenvalue weighted by atomic mass is 10.2. The molecule has 2 rings (SSSR count). The number of anilines is 3. The average Bonchev–Trinajstić information content (AvgIpc) is 2.32. The average molecular weight is 355 g/mol. The maximum absolute atomic E-state index is 10.7. The summed E-state index contributed by atoms with van der Waals surface area (Å²) in [5.41, 5.74) is 8.08. The number of nitrogens with two attached hydrogens (primary N) is 1. The minimum Gasteiger partial charge on any atom is -0.399 e. The van der Waals surface area contributed by atoms with E-state index in [1.54, 1.807) is 24.3 Å². The van der Waals surface area contributed by atoms with E-state index in [0.717, 1.165) is 11.4 Å². The van der Waals surface area contributed by atoms with Crippen LogP contribution in [0.15, 0.2) is 42.5 Å². The Bertz CT molecular complexity index is 584. The lowest BCUT2D eigenvalue weighted by molar-refractivity contribution is -0.385. The second-order valence-corrected chi connectivity index (χ2v) is 4.83. The van der Waals surface area contributed by atoms with Crippen LogP contribution in [0, 0.1) is 13.7 Å². The second-order valence-electron chi connectivity index (χ2n) is 3.67. The molecule has 0 saturated heterocycles. The summed E-state index contributed by atoms with van der Waals surface area (Å²) in [7, 11) is 0. The van der Waals surface area contributed by atoms with Gasteiger partial charge in [0.05, 0.1) is 8.49 Å². The topological polar surface area (TPSA) is 81.2 Å². The van der Waals surface area contributed by atoms with Gasteiger partial charge in [-0.25, -0.2) is 0 Å². The van der Waals surface area contributed by atoms with E-state index in [-0.39, 0.29) is 5.69 Å². The summed E-state index contributed by atoms with van der Waals surface area (Å²) >= 11 is 1.95. The molecule has 0 radical (unpaired) electrons. The summed E-state index contributed by atoms with van der Waals surface area (Å²) < 4.78 is 0.595. The van der Waals surface area contributed by atoms with E-state index in [4.69, 9.17) is 5.73 Å². The van der Waals surface area contributed by atoms with Crippen molar-refractivity contribution < 1.29 is 4.92 Å². The van der Waals surface area contributed by atoms with Crippen LogP contribution in [0.25, 0.3) is 0 Å². The third-order valence-electron chi connectivity index (χ3n) is 2.34. The first kappa shape index (κ1) is 12.6. The van der Waals surface area contributed by atoms with Crippen LogP contribution in [0.1, 0.15) is 0 Å². The van der Waals surface area contributed by atoms with Crippen molar-refractivity contribution >= 4 is 45.3 Å². The fourth-order valence-corrected chi connectivity index (χ4v) is 2.18. The third-order valence-corrected chi connectivity index (χ3v) is 3.21. The number of halogens is 1. The van der Waals surface area contributed by atoms with Gasteiger partial charge < -0.3 is 11.1 Å². The monoisotopic (exact) mass is 355 g/mol. The molecule has 2 aromatic rings. The highest BCUT2D eigenvalue weighted by Gasteiger charge is 2.11. The van der Waals surface area contributed by atoms with Crippen LogP contribution < -0.4 is 11.1 Å². The van der Waals surface area contributed by atoms with Crippen molar-refractivity contribution in [1.29, 1.82) is 0 Å². The molecule has 0 fully saturated rings. The van der Waals surface area contributed by atoms with Crippen molar-refractivity contribution in [3.05, 3.63) is 56.1 Å². The lowest BCUT2D eigenvalue weighted by Crippen LogP contribution is -1.95. The summed E-state index contributed by atoms with van der Waals surface area (Å²) in [6.45, 7) is 0. The molecule has 5 nitrogen and oxygen atoms in total. The van der Waals surface area contributed by atoms with E-state index >= 15 is 0 Å². The van der Waals surface area contributed by atoms with Gasteiger partial charge in [0, 0.05) is 23.1 Å². The van der Waals surface area contributed by atoms with Crippen LogP contribution in [-0.4, -0.2) is 4.92 Å². The van der Waals surface area contributed by atoms with Gasteiger partial charge in [0.1, 0.15) is 0 Å². The molecule has 0 spiro atoms. The molecule has 0 atom stereocenters. The summed E-state index contributed by atoms with van der Waals surface area (Å²) in [5.74, 6) is 0. The zero-order chi connectivity index (χ0) is 13.1. The molecule has 0 heterocycles. The number of nitrogen functional groups attached to an aromatic ring is 1. The molecule has 18 heavy (non-hydrogen) atoms. The first-order valence-electron chi connectivity index (χ1n) is 5.13. The standard InChI is InChI=1S/C12H10IN3O2/c13-11-7-10(5-6-12(11)16(17)18)15-9-3-1-8(14)2-4-9/h1-7,15H,14H2. The van der Waals surface area contributed by atoms with Crippen molar-refractivity contribution in [1.82, 2.24) is 0 Å². The Balaban J connectivity index is 2.22. The molecule has 0 aliphatic heterocycles. The number of nitro benzene ring substituents is 1. The van der Waals surface area contributed by atoms with Gasteiger partial charge in [0.25, 0.3) is 5.69 Å². The summed E-state index contributed by atoms with van der Waals surface area (Å²) in [6.07, 6.45) is 0. The highest BCUT2D eigenvalue weighted by Crippen LogP contribution is 2.26. The van der Waals surface area contributed by atoms with Gasteiger partial charge in [-0.1, -0.05) is 0 Å². The fourth-order valence-electron chi connectivity index (χ4n) is 1.47. The zero-order valence-corrected chi connectivity index (χ0v) is 11.4. The Labute approximate surface area is 117 Å². The van der Waals surface area contributed by atoms with Crippen molar-refractivity contribution in [2.45, 2.75) is 0 Å². The number of nitrogens with zero attached hydrogens (tertiary/aromatic N) is 1. The molecular weight excluding hydrogens is 345 g/mol. The van der Waals surface area contributed by atoms with Crippen LogP contribution in [0.4, 0.5) is 22.7 Å². The fraction of sp³-hybridized carbons (Fsp3) is 0. The summed E-state index contributed by atoms with van der Waals surface area (Å²) in [6, 6.07) is 12.2. The van der Waals surface area contributed by atoms with Gasteiger partial charge in [-0.2, -0.15) is 0 Å². The first-order chi connectivity index (χ1) is 8.56. The molecule has 0 amide bonds. The Hall–Kier alpha value is -1.83. The molecule has 6 heteroatoms. The summed E-state index contributed by atoms with van der Waals surface area (Å²) in [4.78, 5) is 10.3. The van der Waals surface area contributed by atoms with E-state index < -0.39 is 4.92 Å². The maximum Gasteiger partial charge on any atom is 0.282 e. The predicted octanol–water partition coefficient (Wildman–Crippen LogP) is 3.53. The zero-order valence-electron chi connectivity index (χ0n) is 9.26. The number of nitro groups is 1. The predicted molar refractivity (Wildman–Crippen MR) is 80.0 cm³/mol. The van der Waals surface area contributed by atoms with Gasteiger partial charge in [0.15, 0.2) is 0 Å².